The Morgan fingerprint density at radius 2 is 1.52 bits per heavy atom. The molecule has 1 fully saturated rings. The van der Waals surface area contributed by atoms with Crippen LogP contribution in [0.5, 0.6) is 0 Å². The Balaban J connectivity index is 1.83. The van der Waals surface area contributed by atoms with Gasteiger partial charge in [0.15, 0.2) is 0 Å². The van der Waals surface area contributed by atoms with Crippen molar-refractivity contribution in [2.24, 2.45) is 0 Å². The topological polar surface area (TPSA) is 46.6 Å². The fourth-order valence-electron chi connectivity index (χ4n) is 3.32. The standard InChI is InChI=1S/C21H17F6NO3/c22-20(23,24)15-9-14(10-16(11-15)21(25,26)27)18(29)28-8-4-7-17(28)19(30)31-12-13-5-2-1-3-6-13/h1-3,5-6,9-11,17H,4,7-8,12H2/t17-/m0/s1. The molecule has 0 aliphatic carbocycles. The molecule has 1 atom stereocenters. The molecule has 2 aromatic rings. The summed E-state index contributed by atoms with van der Waals surface area (Å²) in [5.74, 6) is -1.85. The van der Waals surface area contributed by atoms with Gasteiger partial charge in [-0.1, -0.05) is 30.3 Å². The van der Waals surface area contributed by atoms with Crippen LogP contribution in [0.4, 0.5) is 26.3 Å². The average Bonchev–Trinajstić information content (AvgIpc) is 3.20. The summed E-state index contributed by atoms with van der Waals surface area (Å²) in [6.45, 7) is -0.0540. The summed E-state index contributed by atoms with van der Waals surface area (Å²) >= 11 is 0. The van der Waals surface area contributed by atoms with Crippen molar-refractivity contribution in [3.8, 4) is 0 Å². The highest BCUT2D eigenvalue weighted by Gasteiger charge is 2.40. The molecule has 1 aliphatic heterocycles. The number of rotatable bonds is 4. The maximum Gasteiger partial charge on any atom is 0.416 e. The second-order valence-electron chi connectivity index (χ2n) is 7.04. The third kappa shape index (κ3) is 5.36. The van der Waals surface area contributed by atoms with Gasteiger partial charge >= 0.3 is 18.3 Å². The van der Waals surface area contributed by atoms with E-state index in [9.17, 15) is 35.9 Å². The maximum absolute atomic E-state index is 13.1. The number of benzene rings is 2. The van der Waals surface area contributed by atoms with E-state index < -0.39 is 47.0 Å². The molecule has 0 bridgehead atoms. The zero-order valence-electron chi connectivity index (χ0n) is 16.0. The third-order valence-corrected chi connectivity index (χ3v) is 4.84. The van der Waals surface area contributed by atoms with Crippen molar-refractivity contribution in [1.29, 1.82) is 0 Å². The minimum atomic E-state index is -5.07. The minimum Gasteiger partial charge on any atom is -0.459 e. The maximum atomic E-state index is 13.1. The van der Waals surface area contributed by atoms with E-state index in [1.165, 1.54) is 0 Å². The normalized spacial score (nSPS) is 17.0. The summed E-state index contributed by atoms with van der Waals surface area (Å²) in [5, 5.41) is 0. The van der Waals surface area contributed by atoms with Crippen molar-refractivity contribution in [3.63, 3.8) is 0 Å². The van der Waals surface area contributed by atoms with Crippen molar-refractivity contribution in [1.82, 2.24) is 4.90 Å². The van der Waals surface area contributed by atoms with E-state index in [4.69, 9.17) is 4.74 Å². The van der Waals surface area contributed by atoms with E-state index in [2.05, 4.69) is 0 Å². The predicted molar refractivity (Wildman–Crippen MR) is 96.7 cm³/mol. The number of likely N-dealkylation sites (tertiary alicyclic amines) is 1. The highest BCUT2D eigenvalue weighted by atomic mass is 19.4. The molecule has 1 heterocycles. The van der Waals surface area contributed by atoms with Gasteiger partial charge in [-0.2, -0.15) is 26.3 Å². The van der Waals surface area contributed by atoms with E-state index in [1.807, 2.05) is 0 Å². The summed E-state index contributed by atoms with van der Waals surface area (Å²) in [4.78, 5) is 26.2. The highest BCUT2D eigenvalue weighted by molar-refractivity contribution is 5.97. The average molecular weight is 445 g/mol. The van der Waals surface area contributed by atoms with Crippen LogP contribution in [0.15, 0.2) is 48.5 Å². The first kappa shape index (κ1) is 22.6. The fourth-order valence-corrected chi connectivity index (χ4v) is 3.32. The fraction of sp³-hybridized carbons (Fsp3) is 0.333. The number of halogens is 6. The molecule has 0 aromatic heterocycles. The largest absolute Gasteiger partial charge is 0.459 e. The SMILES string of the molecule is O=C(OCc1ccccc1)[C@@H]1CCCN1C(=O)c1cc(C(F)(F)F)cc(C(F)(F)F)c1. The molecular formula is C21H17F6NO3. The monoisotopic (exact) mass is 445 g/mol. The van der Waals surface area contributed by atoms with Crippen LogP contribution in [-0.4, -0.2) is 29.4 Å². The Morgan fingerprint density at radius 1 is 0.935 bits per heavy atom. The first-order valence-corrected chi connectivity index (χ1v) is 9.28. The van der Waals surface area contributed by atoms with Gasteiger partial charge in [0.1, 0.15) is 12.6 Å². The summed E-state index contributed by atoms with van der Waals surface area (Å²) in [7, 11) is 0. The Bertz CT molecular complexity index is 924. The minimum absolute atomic E-state index is 0.0154. The predicted octanol–water partition coefficient (Wildman–Crippen LogP) is 5.07. The Labute approximate surface area is 173 Å². The van der Waals surface area contributed by atoms with E-state index in [-0.39, 0.29) is 25.6 Å². The molecule has 2 aromatic carbocycles. The van der Waals surface area contributed by atoms with Gasteiger partial charge in [-0.25, -0.2) is 4.79 Å². The van der Waals surface area contributed by atoms with Gasteiger partial charge in [-0.15, -0.1) is 0 Å². The number of esters is 1. The van der Waals surface area contributed by atoms with Crippen LogP contribution in [0.1, 0.15) is 39.9 Å². The number of ether oxygens (including phenoxy) is 1. The van der Waals surface area contributed by atoms with Crippen molar-refractivity contribution in [3.05, 3.63) is 70.8 Å². The molecule has 1 saturated heterocycles. The Kier molecular flexibility index (Phi) is 6.28. The smallest absolute Gasteiger partial charge is 0.416 e. The molecule has 1 amide bonds. The van der Waals surface area contributed by atoms with E-state index in [0.717, 1.165) is 4.90 Å². The summed E-state index contributed by atoms with van der Waals surface area (Å²) in [6, 6.07) is 8.27. The molecule has 31 heavy (non-hydrogen) atoms. The van der Waals surface area contributed by atoms with E-state index >= 15 is 0 Å². The molecule has 166 valence electrons. The first-order chi connectivity index (χ1) is 14.5. The number of nitrogens with zero attached hydrogens (tertiary/aromatic N) is 1. The molecule has 0 saturated carbocycles. The van der Waals surface area contributed by atoms with E-state index in [0.29, 0.717) is 24.1 Å². The van der Waals surface area contributed by atoms with Crippen LogP contribution in [-0.2, 0) is 28.5 Å². The summed E-state index contributed by atoms with van der Waals surface area (Å²) < 4.78 is 83.7. The molecule has 3 rings (SSSR count). The quantitative estimate of drug-likeness (QED) is 0.488. The van der Waals surface area contributed by atoms with Crippen molar-refractivity contribution in [2.75, 3.05) is 6.54 Å². The number of hydrogen-bond donors (Lipinski definition) is 0. The van der Waals surface area contributed by atoms with Crippen LogP contribution in [0.2, 0.25) is 0 Å². The zero-order valence-corrected chi connectivity index (χ0v) is 16.0. The molecule has 1 aliphatic rings. The van der Waals surface area contributed by atoms with Crippen LogP contribution in [0, 0.1) is 0 Å². The van der Waals surface area contributed by atoms with Gasteiger partial charge in [0, 0.05) is 12.1 Å². The van der Waals surface area contributed by atoms with E-state index in [1.54, 1.807) is 30.3 Å². The van der Waals surface area contributed by atoms with Crippen LogP contribution < -0.4 is 0 Å². The van der Waals surface area contributed by atoms with Crippen LogP contribution in [0.3, 0.4) is 0 Å². The number of amides is 1. The van der Waals surface area contributed by atoms with Gasteiger partial charge in [0.2, 0.25) is 0 Å². The lowest BCUT2D eigenvalue weighted by atomic mass is 10.0. The second-order valence-corrected chi connectivity index (χ2v) is 7.04. The molecule has 0 spiro atoms. The molecule has 0 unspecified atom stereocenters. The first-order valence-electron chi connectivity index (χ1n) is 9.28. The lowest BCUT2D eigenvalue weighted by molar-refractivity contribution is -0.149. The lowest BCUT2D eigenvalue weighted by Crippen LogP contribution is -2.41. The van der Waals surface area contributed by atoms with Crippen molar-refractivity contribution >= 4 is 11.9 Å². The van der Waals surface area contributed by atoms with Crippen LogP contribution in [0.25, 0.3) is 0 Å². The van der Waals surface area contributed by atoms with Crippen molar-refractivity contribution < 1.29 is 40.7 Å². The number of carbonyl (C=O) groups excluding carboxylic acids is 2. The van der Waals surface area contributed by atoms with Gasteiger partial charge in [0.05, 0.1) is 11.1 Å². The van der Waals surface area contributed by atoms with Crippen molar-refractivity contribution in [2.45, 2.75) is 37.8 Å². The zero-order chi connectivity index (χ0) is 22.8. The Morgan fingerprint density at radius 3 is 2.06 bits per heavy atom. The highest BCUT2D eigenvalue weighted by Crippen LogP contribution is 2.37. The number of carbonyl (C=O) groups is 2. The molecule has 0 N–H and O–H groups in total. The summed E-state index contributed by atoms with van der Waals surface area (Å²) in [5.41, 5.74) is -3.27. The second kappa shape index (κ2) is 8.60. The number of alkyl halides is 6. The third-order valence-electron chi connectivity index (χ3n) is 4.84. The van der Waals surface area contributed by atoms with Gasteiger partial charge < -0.3 is 9.64 Å². The van der Waals surface area contributed by atoms with Gasteiger partial charge in [-0.3, -0.25) is 4.79 Å². The molecular weight excluding hydrogens is 428 g/mol. The van der Waals surface area contributed by atoms with Gasteiger partial charge in [0.25, 0.3) is 5.91 Å². The molecule has 0 radical (unpaired) electrons. The molecule has 4 nitrogen and oxygen atoms in total. The Hall–Kier alpha value is -3.04. The lowest BCUT2D eigenvalue weighted by Gasteiger charge is -2.24. The molecule has 10 heteroatoms. The number of hydrogen-bond acceptors (Lipinski definition) is 3. The summed E-state index contributed by atoms with van der Waals surface area (Å²) in [6.07, 6.45) is -9.59. The van der Waals surface area contributed by atoms with Crippen LogP contribution >= 0.6 is 0 Å². The van der Waals surface area contributed by atoms with Gasteiger partial charge in [-0.05, 0) is 36.6 Å².